The number of alkyl halides is 1. The first-order valence-electron chi connectivity index (χ1n) is 12.9. The van der Waals surface area contributed by atoms with Crippen molar-refractivity contribution < 1.29 is 19.0 Å². The number of carbonyl (C=O) groups is 1. The van der Waals surface area contributed by atoms with Crippen LogP contribution in [0, 0.1) is 5.92 Å². The van der Waals surface area contributed by atoms with Gasteiger partial charge in [0, 0.05) is 0 Å². The zero-order valence-electron chi connectivity index (χ0n) is 21.3. The molecule has 192 valence electrons. The molecule has 0 fully saturated rings. The molecule has 1 atom stereocenters. The maximum absolute atomic E-state index is 12.4. The number of carbonyl (C=O) groups excluding carboxylic acids is 1. The first-order chi connectivity index (χ1) is 17.0. The second kappa shape index (κ2) is 17.0. The summed E-state index contributed by atoms with van der Waals surface area (Å²) >= 11 is 6.27. The van der Waals surface area contributed by atoms with Crippen LogP contribution in [0.15, 0.2) is 61.2 Å². The molecule has 0 bridgehead atoms. The van der Waals surface area contributed by atoms with E-state index in [1.165, 1.54) is 38.5 Å². The molecular weight excluding hydrogens is 460 g/mol. The largest absolute Gasteiger partial charge is 0.494 e. The van der Waals surface area contributed by atoms with E-state index < -0.39 is 5.97 Å². The van der Waals surface area contributed by atoms with Crippen LogP contribution in [0.1, 0.15) is 82.0 Å². The summed E-state index contributed by atoms with van der Waals surface area (Å²) in [6.45, 7) is 9.16. The summed E-state index contributed by atoms with van der Waals surface area (Å²) in [5.41, 5.74) is 0.461. The van der Waals surface area contributed by atoms with E-state index in [1.807, 2.05) is 18.2 Å². The zero-order chi connectivity index (χ0) is 25.3. The SMILES string of the molecule is C=CCCCCCCCCCOc1ccc(OC(=O)c2ccc(OC[C@@H](Cl)CC(C)C)cc2)cc1. The lowest BCUT2D eigenvalue weighted by Gasteiger charge is -2.13. The van der Waals surface area contributed by atoms with Gasteiger partial charge in [-0.1, -0.05) is 52.0 Å². The molecule has 4 nitrogen and oxygen atoms in total. The maximum Gasteiger partial charge on any atom is 0.343 e. The molecule has 0 saturated heterocycles. The second-order valence-electron chi connectivity index (χ2n) is 9.32. The standard InChI is InChI=1S/C30H41ClO4/c1-4-5-6-7-8-9-10-11-12-21-33-27-17-19-29(20-18-27)35-30(32)25-13-15-28(16-14-25)34-23-26(31)22-24(2)3/h4,13-20,24,26H,1,5-12,21-23H2,2-3H3/t26-/m0/s1. The van der Waals surface area contributed by atoms with Gasteiger partial charge in [-0.05, 0) is 80.1 Å². The van der Waals surface area contributed by atoms with Crippen LogP contribution in [0.2, 0.25) is 0 Å². The molecule has 0 aliphatic heterocycles. The molecule has 0 aliphatic rings. The Balaban J connectivity index is 1.64. The molecule has 0 aliphatic carbocycles. The van der Waals surface area contributed by atoms with Gasteiger partial charge in [0.15, 0.2) is 0 Å². The molecule has 0 amide bonds. The summed E-state index contributed by atoms with van der Waals surface area (Å²) in [5, 5.41) is -0.0333. The lowest BCUT2D eigenvalue weighted by Crippen LogP contribution is -2.14. The summed E-state index contributed by atoms with van der Waals surface area (Å²) < 4.78 is 17.0. The van der Waals surface area contributed by atoms with Crippen molar-refractivity contribution in [2.75, 3.05) is 13.2 Å². The van der Waals surface area contributed by atoms with Gasteiger partial charge in [-0.3, -0.25) is 0 Å². The number of hydrogen-bond donors (Lipinski definition) is 0. The minimum atomic E-state index is -0.412. The highest BCUT2D eigenvalue weighted by atomic mass is 35.5. The molecule has 5 heteroatoms. The van der Waals surface area contributed by atoms with Crippen molar-refractivity contribution in [3.63, 3.8) is 0 Å². The van der Waals surface area contributed by atoms with E-state index in [2.05, 4.69) is 20.4 Å². The average Bonchev–Trinajstić information content (AvgIpc) is 2.85. The van der Waals surface area contributed by atoms with Gasteiger partial charge in [0.1, 0.15) is 23.9 Å². The number of esters is 1. The maximum atomic E-state index is 12.4. The number of unbranched alkanes of at least 4 members (excludes halogenated alkanes) is 7. The lowest BCUT2D eigenvalue weighted by atomic mass is 10.1. The number of rotatable bonds is 18. The molecule has 2 aromatic carbocycles. The quantitative estimate of drug-likeness (QED) is 0.0675. The molecule has 0 heterocycles. The summed E-state index contributed by atoms with van der Waals surface area (Å²) in [5.74, 6) is 2.06. The summed E-state index contributed by atoms with van der Waals surface area (Å²) in [6, 6.07) is 14.1. The third-order valence-electron chi connectivity index (χ3n) is 5.60. The van der Waals surface area contributed by atoms with Crippen LogP contribution in [0.4, 0.5) is 0 Å². The molecule has 35 heavy (non-hydrogen) atoms. The third kappa shape index (κ3) is 12.7. The fourth-order valence-corrected chi connectivity index (χ4v) is 4.11. The highest BCUT2D eigenvalue weighted by Gasteiger charge is 2.11. The van der Waals surface area contributed by atoms with Crippen LogP contribution in [0.25, 0.3) is 0 Å². The topological polar surface area (TPSA) is 44.8 Å². The monoisotopic (exact) mass is 500 g/mol. The molecule has 0 radical (unpaired) electrons. The first-order valence-corrected chi connectivity index (χ1v) is 13.3. The van der Waals surface area contributed by atoms with Crippen molar-refractivity contribution in [1.82, 2.24) is 0 Å². The molecule has 0 aromatic heterocycles. The highest BCUT2D eigenvalue weighted by Crippen LogP contribution is 2.21. The Morgan fingerprint density at radius 3 is 2.00 bits per heavy atom. The predicted molar refractivity (Wildman–Crippen MR) is 145 cm³/mol. The van der Waals surface area contributed by atoms with Crippen LogP contribution in [-0.4, -0.2) is 24.6 Å². The zero-order valence-corrected chi connectivity index (χ0v) is 22.1. The fourth-order valence-electron chi connectivity index (χ4n) is 3.69. The van der Waals surface area contributed by atoms with Crippen molar-refractivity contribution in [2.24, 2.45) is 5.92 Å². The number of ether oxygens (including phenoxy) is 3. The van der Waals surface area contributed by atoms with Crippen LogP contribution >= 0.6 is 11.6 Å². The van der Waals surface area contributed by atoms with Crippen molar-refractivity contribution in [3.8, 4) is 17.2 Å². The third-order valence-corrected chi connectivity index (χ3v) is 5.91. The van der Waals surface area contributed by atoms with Gasteiger partial charge >= 0.3 is 5.97 Å². The molecule has 0 N–H and O–H groups in total. The lowest BCUT2D eigenvalue weighted by molar-refractivity contribution is 0.0734. The van der Waals surface area contributed by atoms with E-state index in [0.717, 1.165) is 25.0 Å². The van der Waals surface area contributed by atoms with Gasteiger partial charge < -0.3 is 14.2 Å². The average molecular weight is 501 g/mol. The van der Waals surface area contributed by atoms with Gasteiger partial charge in [-0.15, -0.1) is 18.2 Å². The van der Waals surface area contributed by atoms with Gasteiger partial charge in [-0.25, -0.2) is 4.79 Å². The Kier molecular flexibility index (Phi) is 14.0. The van der Waals surface area contributed by atoms with Crippen molar-refractivity contribution in [3.05, 3.63) is 66.7 Å². The van der Waals surface area contributed by atoms with Gasteiger partial charge in [0.25, 0.3) is 0 Å². The Labute approximate surface area is 216 Å². The normalized spacial score (nSPS) is 11.8. The van der Waals surface area contributed by atoms with Gasteiger partial charge in [0.05, 0.1) is 17.5 Å². The van der Waals surface area contributed by atoms with E-state index in [9.17, 15) is 4.79 Å². The Hall–Kier alpha value is -2.46. The van der Waals surface area contributed by atoms with Crippen molar-refractivity contribution in [2.45, 2.75) is 77.0 Å². The molecule has 0 unspecified atom stereocenters. The van der Waals surface area contributed by atoms with Crippen LogP contribution < -0.4 is 14.2 Å². The highest BCUT2D eigenvalue weighted by molar-refractivity contribution is 6.20. The van der Waals surface area contributed by atoms with E-state index in [0.29, 0.717) is 36.2 Å². The first kappa shape index (κ1) is 28.8. The molecule has 2 aromatic rings. The van der Waals surface area contributed by atoms with Crippen molar-refractivity contribution >= 4 is 17.6 Å². The van der Waals surface area contributed by atoms with Gasteiger partial charge in [-0.2, -0.15) is 0 Å². The van der Waals surface area contributed by atoms with E-state index in [1.54, 1.807) is 36.4 Å². The minimum Gasteiger partial charge on any atom is -0.494 e. The number of benzene rings is 2. The van der Waals surface area contributed by atoms with Crippen LogP contribution in [0.5, 0.6) is 17.2 Å². The Morgan fingerprint density at radius 2 is 1.37 bits per heavy atom. The molecule has 2 rings (SSSR count). The summed E-state index contributed by atoms with van der Waals surface area (Å²) in [7, 11) is 0. The smallest absolute Gasteiger partial charge is 0.343 e. The second-order valence-corrected chi connectivity index (χ2v) is 9.94. The predicted octanol–water partition coefficient (Wildman–Crippen LogP) is 8.62. The Morgan fingerprint density at radius 1 is 0.829 bits per heavy atom. The fraction of sp³-hybridized carbons (Fsp3) is 0.500. The van der Waals surface area contributed by atoms with E-state index >= 15 is 0 Å². The van der Waals surface area contributed by atoms with Gasteiger partial charge in [0.2, 0.25) is 0 Å². The molecule has 0 spiro atoms. The molecular formula is C30H41ClO4. The number of hydrogen-bond acceptors (Lipinski definition) is 4. The Bertz CT molecular complexity index is 846. The molecule has 0 saturated carbocycles. The van der Waals surface area contributed by atoms with Crippen LogP contribution in [-0.2, 0) is 0 Å². The summed E-state index contributed by atoms with van der Waals surface area (Å²) in [4.78, 5) is 12.4. The van der Waals surface area contributed by atoms with Crippen molar-refractivity contribution in [1.29, 1.82) is 0 Å². The van der Waals surface area contributed by atoms with E-state index in [-0.39, 0.29) is 5.38 Å². The number of halogens is 1. The van der Waals surface area contributed by atoms with Crippen LogP contribution in [0.3, 0.4) is 0 Å². The summed E-state index contributed by atoms with van der Waals surface area (Å²) in [6.07, 6.45) is 12.7. The number of allylic oxidation sites excluding steroid dienone is 1. The minimum absolute atomic E-state index is 0.0333. The van der Waals surface area contributed by atoms with E-state index in [4.69, 9.17) is 25.8 Å².